The zero-order chi connectivity index (χ0) is 19.7. The van der Waals surface area contributed by atoms with Crippen LogP contribution < -0.4 is 0 Å². The summed E-state index contributed by atoms with van der Waals surface area (Å²) in [6.45, 7) is 6.23. The first-order valence-corrected chi connectivity index (χ1v) is 10.7. The lowest BCUT2D eigenvalue weighted by molar-refractivity contribution is 0.0946. The molecule has 7 nitrogen and oxygen atoms in total. The first-order chi connectivity index (χ1) is 13.6. The van der Waals surface area contributed by atoms with Gasteiger partial charge in [0.25, 0.3) is 0 Å². The third kappa shape index (κ3) is 3.62. The molecule has 0 spiro atoms. The second kappa shape index (κ2) is 8.34. The van der Waals surface area contributed by atoms with Crippen LogP contribution in [-0.4, -0.2) is 73.9 Å². The van der Waals surface area contributed by atoms with Crippen LogP contribution in [0.1, 0.15) is 29.2 Å². The number of fused-ring (bicyclic) bond motifs is 1. The molecule has 28 heavy (non-hydrogen) atoms. The molecule has 0 bridgehead atoms. The van der Waals surface area contributed by atoms with Gasteiger partial charge in [0.1, 0.15) is 0 Å². The van der Waals surface area contributed by atoms with E-state index in [0.717, 1.165) is 48.9 Å². The maximum atomic E-state index is 10.9. The van der Waals surface area contributed by atoms with Crippen molar-refractivity contribution in [1.29, 1.82) is 0 Å². The number of β-amino-alcohol motifs (C(OH)–C–C–N with tert-alkyl or cyclic N) is 1. The average Bonchev–Trinajstić information content (AvgIpc) is 3.24. The maximum Gasteiger partial charge on any atom is 0.230 e. The van der Waals surface area contributed by atoms with Crippen molar-refractivity contribution in [3.63, 3.8) is 0 Å². The molecule has 0 amide bonds. The molecule has 9 heteroatoms. The van der Waals surface area contributed by atoms with Crippen LogP contribution in [0, 0.1) is 0 Å². The van der Waals surface area contributed by atoms with Gasteiger partial charge in [-0.1, -0.05) is 48.1 Å². The highest BCUT2D eigenvalue weighted by Crippen LogP contribution is 2.42. The van der Waals surface area contributed by atoms with Gasteiger partial charge in [-0.05, 0) is 11.6 Å². The molecule has 2 aromatic heterocycles. The van der Waals surface area contributed by atoms with Crippen molar-refractivity contribution in [2.75, 3.05) is 39.3 Å². The van der Waals surface area contributed by atoms with E-state index in [1.165, 1.54) is 15.9 Å². The number of aromatic hydroxyl groups is 1. The molecule has 1 atom stereocenters. The summed E-state index contributed by atoms with van der Waals surface area (Å²) in [6, 6.07) is 7.62. The Labute approximate surface area is 172 Å². The molecule has 4 rings (SSSR count). The van der Waals surface area contributed by atoms with E-state index < -0.39 is 0 Å². The molecule has 3 heterocycles. The van der Waals surface area contributed by atoms with E-state index in [1.54, 1.807) is 0 Å². The highest BCUT2D eigenvalue weighted by molar-refractivity contribution is 7.17. The van der Waals surface area contributed by atoms with E-state index in [0.29, 0.717) is 16.5 Å². The SMILES string of the molecule is CCc1nc2sc([C@@H](c3ccccc3Cl)N3CCN(CCO)CC3)c(O)n2n1. The number of halogens is 1. The maximum absolute atomic E-state index is 10.9. The summed E-state index contributed by atoms with van der Waals surface area (Å²) in [4.78, 5) is 10.6. The van der Waals surface area contributed by atoms with Gasteiger partial charge < -0.3 is 10.2 Å². The molecular weight excluding hydrogens is 398 g/mol. The number of aromatic nitrogens is 3. The fourth-order valence-corrected chi connectivity index (χ4v) is 5.07. The smallest absolute Gasteiger partial charge is 0.230 e. The summed E-state index contributed by atoms with van der Waals surface area (Å²) < 4.78 is 1.53. The number of benzene rings is 1. The van der Waals surface area contributed by atoms with E-state index in [2.05, 4.69) is 19.9 Å². The van der Waals surface area contributed by atoms with Crippen LogP contribution in [0.2, 0.25) is 5.02 Å². The van der Waals surface area contributed by atoms with Crippen LogP contribution in [-0.2, 0) is 6.42 Å². The minimum absolute atomic E-state index is 0.134. The lowest BCUT2D eigenvalue weighted by Crippen LogP contribution is -2.48. The topological polar surface area (TPSA) is 77.1 Å². The molecule has 0 aliphatic carbocycles. The minimum atomic E-state index is -0.163. The number of aliphatic hydroxyl groups excluding tert-OH is 1. The van der Waals surface area contributed by atoms with Crippen molar-refractivity contribution in [3.05, 3.63) is 45.6 Å². The van der Waals surface area contributed by atoms with E-state index in [4.69, 9.17) is 11.6 Å². The summed E-state index contributed by atoms with van der Waals surface area (Å²) in [5, 5.41) is 25.2. The first kappa shape index (κ1) is 19.6. The Morgan fingerprint density at radius 2 is 1.96 bits per heavy atom. The lowest BCUT2D eigenvalue weighted by atomic mass is 10.0. The monoisotopic (exact) mass is 421 g/mol. The van der Waals surface area contributed by atoms with Crippen molar-refractivity contribution in [2.45, 2.75) is 19.4 Å². The zero-order valence-electron chi connectivity index (χ0n) is 15.8. The van der Waals surface area contributed by atoms with Gasteiger partial charge in [-0.15, -0.1) is 5.10 Å². The predicted molar refractivity (Wildman–Crippen MR) is 110 cm³/mol. The van der Waals surface area contributed by atoms with Crippen LogP contribution in [0.15, 0.2) is 24.3 Å². The molecule has 150 valence electrons. The number of aliphatic hydroxyl groups is 1. The molecule has 1 fully saturated rings. The number of nitrogens with zero attached hydrogens (tertiary/aromatic N) is 5. The van der Waals surface area contributed by atoms with Crippen LogP contribution >= 0.6 is 22.9 Å². The molecule has 1 aliphatic rings. The molecule has 0 saturated carbocycles. The van der Waals surface area contributed by atoms with Gasteiger partial charge in [0.2, 0.25) is 10.8 Å². The summed E-state index contributed by atoms with van der Waals surface area (Å²) in [5.74, 6) is 0.856. The second-order valence-electron chi connectivity index (χ2n) is 6.89. The van der Waals surface area contributed by atoms with Gasteiger partial charge >= 0.3 is 0 Å². The van der Waals surface area contributed by atoms with Crippen molar-refractivity contribution < 1.29 is 10.2 Å². The average molecular weight is 422 g/mol. The third-order valence-corrected chi connectivity index (χ3v) is 6.61. The molecule has 2 N–H and O–H groups in total. The molecule has 1 saturated heterocycles. The van der Waals surface area contributed by atoms with Gasteiger partial charge in [-0.2, -0.15) is 4.52 Å². The van der Waals surface area contributed by atoms with E-state index >= 15 is 0 Å². The predicted octanol–water partition coefficient (Wildman–Crippen LogP) is 2.41. The highest BCUT2D eigenvalue weighted by Gasteiger charge is 2.32. The fourth-order valence-electron chi connectivity index (χ4n) is 3.71. The number of hydrogen-bond acceptors (Lipinski definition) is 7. The summed E-state index contributed by atoms with van der Waals surface area (Å²) in [7, 11) is 0. The number of piperazine rings is 1. The molecule has 0 radical (unpaired) electrons. The number of rotatable bonds is 6. The van der Waals surface area contributed by atoms with Crippen LogP contribution in [0.4, 0.5) is 0 Å². The summed E-state index contributed by atoms with van der Waals surface area (Å²) in [6.07, 6.45) is 0.726. The van der Waals surface area contributed by atoms with Crippen molar-refractivity contribution >= 4 is 27.9 Å². The Hall–Kier alpha value is -1.71. The second-order valence-corrected chi connectivity index (χ2v) is 8.31. The fraction of sp³-hybridized carbons (Fsp3) is 0.474. The van der Waals surface area contributed by atoms with Gasteiger partial charge in [0, 0.05) is 44.2 Å². The highest BCUT2D eigenvalue weighted by atomic mass is 35.5. The Morgan fingerprint density at radius 1 is 1.21 bits per heavy atom. The lowest BCUT2D eigenvalue weighted by Gasteiger charge is -2.39. The molecular formula is C19H24ClN5O2S. The Kier molecular flexibility index (Phi) is 5.84. The van der Waals surface area contributed by atoms with Gasteiger partial charge in [-0.25, -0.2) is 4.98 Å². The Bertz CT molecular complexity index is 951. The minimum Gasteiger partial charge on any atom is -0.492 e. The standard InChI is InChI=1S/C19H24ClN5O2S/c1-2-15-21-19-25(22-15)18(27)17(28-19)16(13-5-3-4-6-14(13)20)24-9-7-23(8-10-24)11-12-26/h3-6,16,26-27H,2,7-12H2,1H3/t16-/m1/s1. The van der Waals surface area contributed by atoms with Crippen LogP contribution in [0.5, 0.6) is 5.88 Å². The van der Waals surface area contributed by atoms with Crippen molar-refractivity contribution in [2.24, 2.45) is 0 Å². The van der Waals surface area contributed by atoms with Crippen molar-refractivity contribution in [3.8, 4) is 5.88 Å². The van der Waals surface area contributed by atoms with Gasteiger partial charge in [0.05, 0.1) is 17.5 Å². The quantitative estimate of drug-likeness (QED) is 0.636. The van der Waals surface area contributed by atoms with E-state index in [1.807, 2.05) is 31.2 Å². The van der Waals surface area contributed by atoms with Crippen molar-refractivity contribution in [1.82, 2.24) is 24.4 Å². The largest absolute Gasteiger partial charge is 0.492 e. The summed E-state index contributed by atoms with van der Waals surface area (Å²) in [5.41, 5.74) is 0.968. The zero-order valence-corrected chi connectivity index (χ0v) is 17.3. The molecule has 1 aliphatic heterocycles. The Morgan fingerprint density at radius 3 is 2.61 bits per heavy atom. The van der Waals surface area contributed by atoms with Crippen LogP contribution in [0.25, 0.3) is 4.96 Å². The van der Waals surface area contributed by atoms with Gasteiger partial charge in [0.15, 0.2) is 5.82 Å². The number of hydrogen-bond donors (Lipinski definition) is 2. The molecule has 0 unspecified atom stereocenters. The molecule has 3 aromatic rings. The number of thiazole rings is 1. The first-order valence-electron chi connectivity index (χ1n) is 9.51. The summed E-state index contributed by atoms with van der Waals surface area (Å²) >= 11 is 8.02. The van der Waals surface area contributed by atoms with E-state index in [-0.39, 0.29) is 18.5 Å². The third-order valence-electron chi connectivity index (χ3n) is 5.20. The normalized spacial score (nSPS) is 17.4. The Balaban J connectivity index is 1.73. The van der Waals surface area contributed by atoms with Crippen LogP contribution in [0.3, 0.4) is 0 Å². The molecule has 1 aromatic carbocycles. The van der Waals surface area contributed by atoms with E-state index in [9.17, 15) is 10.2 Å². The number of aryl methyl sites for hydroxylation is 1. The van der Waals surface area contributed by atoms with Gasteiger partial charge in [-0.3, -0.25) is 9.80 Å².